The average molecular weight is 270 g/mol. The Hall–Kier alpha value is -1.27. The van der Waals surface area contributed by atoms with E-state index in [-0.39, 0.29) is 18.0 Å². The lowest BCUT2D eigenvalue weighted by Gasteiger charge is -2.12. The van der Waals surface area contributed by atoms with Gasteiger partial charge in [-0.05, 0) is 24.7 Å². The normalized spacial score (nSPS) is 12.7. The molecule has 1 aromatic carbocycles. The van der Waals surface area contributed by atoms with Gasteiger partial charge < -0.3 is 10.4 Å². The lowest BCUT2D eigenvalue weighted by Crippen LogP contribution is -2.25. The van der Waals surface area contributed by atoms with Crippen LogP contribution in [0.25, 0.3) is 0 Å². The number of carboxylic acids is 1. The highest BCUT2D eigenvalue weighted by Gasteiger charge is 2.30. The van der Waals surface area contributed by atoms with Gasteiger partial charge in [-0.1, -0.05) is 12.1 Å². The molecule has 1 unspecified atom stereocenters. The van der Waals surface area contributed by atoms with Gasteiger partial charge in [-0.15, -0.1) is 12.4 Å². The second-order valence-electron chi connectivity index (χ2n) is 3.18. The molecule has 1 rings (SSSR count). The van der Waals surface area contributed by atoms with Crippen molar-refractivity contribution < 1.29 is 23.1 Å². The number of benzene rings is 1. The SMILES string of the molecule is CNC(C(=O)O)c1ccc(C(F)(F)F)cc1.Cl. The van der Waals surface area contributed by atoms with E-state index in [9.17, 15) is 18.0 Å². The number of hydrogen-bond donors (Lipinski definition) is 2. The minimum absolute atomic E-state index is 0. The van der Waals surface area contributed by atoms with Gasteiger partial charge in [-0.25, -0.2) is 0 Å². The second kappa shape index (κ2) is 5.88. The van der Waals surface area contributed by atoms with Crippen LogP contribution in [0.15, 0.2) is 24.3 Å². The fourth-order valence-electron chi connectivity index (χ4n) is 1.30. The van der Waals surface area contributed by atoms with E-state index in [0.717, 1.165) is 24.3 Å². The summed E-state index contributed by atoms with van der Waals surface area (Å²) in [5.41, 5.74) is -0.514. The van der Waals surface area contributed by atoms with E-state index in [1.54, 1.807) is 0 Å². The molecule has 3 nitrogen and oxygen atoms in total. The van der Waals surface area contributed by atoms with Crippen LogP contribution in [0.3, 0.4) is 0 Å². The summed E-state index contributed by atoms with van der Waals surface area (Å²) >= 11 is 0. The summed E-state index contributed by atoms with van der Waals surface area (Å²) in [7, 11) is 1.43. The van der Waals surface area contributed by atoms with Gasteiger partial charge in [0, 0.05) is 0 Å². The van der Waals surface area contributed by atoms with Crippen molar-refractivity contribution in [1.29, 1.82) is 0 Å². The molecule has 0 spiro atoms. The minimum Gasteiger partial charge on any atom is -0.480 e. The van der Waals surface area contributed by atoms with Gasteiger partial charge in [0.05, 0.1) is 5.56 Å². The Morgan fingerprint density at radius 2 is 1.76 bits per heavy atom. The van der Waals surface area contributed by atoms with E-state index < -0.39 is 23.8 Å². The topological polar surface area (TPSA) is 49.3 Å². The van der Waals surface area contributed by atoms with Crippen molar-refractivity contribution in [2.75, 3.05) is 7.05 Å². The van der Waals surface area contributed by atoms with Gasteiger partial charge in [-0.3, -0.25) is 4.79 Å². The first kappa shape index (κ1) is 15.7. The summed E-state index contributed by atoms with van der Waals surface area (Å²) in [6.45, 7) is 0. The van der Waals surface area contributed by atoms with E-state index in [1.165, 1.54) is 7.05 Å². The molecule has 0 bridgehead atoms. The van der Waals surface area contributed by atoms with E-state index in [4.69, 9.17) is 5.11 Å². The van der Waals surface area contributed by atoms with Crippen LogP contribution < -0.4 is 5.32 Å². The maximum absolute atomic E-state index is 12.2. The van der Waals surface area contributed by atoms with Crippen LogP contribution >= 0.6 is 12.4 Å². The predicted octanol–water partition coefficient (Wildman–Crippen LogP) is 2.47. The molecule has 1 aromatic rings. The molecule has 7 heteroatoms. The average Bonchev–Trinajstić information content (AvgIpc) is 2.17. The molecule has 96 valence electrons. The zero-order valence-corrected chi connectivity index (χ0v) is 9.60. The molecule has 0 aliphatic heterocycles. The largest absolute Gasteiger partial charge is 0.480 e. The highest BCUT2D eigenvalue weighted by Crippen LogP contribution is 2.29. The Balaban J connectivity index is 0.00000256. The molecule has 0 saturated heterocycles. The lowest BCUT2D eigenvalue weighted by atomic mass is 10.0. The fraction of sp³-hybridized carbons (Fsp3) is 0.300. The van der Waals surface area contributed by atoms with Crippen molar-refractivity contribution in [2.24, 2.45) is 0 Å². The Kier molecular flexibility index (Phi) is 5.44. The zero-order chi connectivity index (χ0) is 12.3. The first-order valence-corrected chi connectivity index (χ1v) is 4.43. The zero-order valence-electron chi connectivity index (χ0n) is 8.78. The molecule has 0 radical (unpaired) electrons. The maximum Gasteiger partial charge on any atom is 0.416 e. The van der Waals surface area contributed by atoms with Crippen molar-refractivity contribution in [3.63, 3.8) is 0 Å². The third-order valence-corrected chi connectivity index (χ3v) is 2.11. The molecule has 0 aromatic heterocycles. The summed E-state index contributed by atoms with van der Waals surface area (Å²) in [4.78, 5) is 10.7. The summed E-state index contributed by atoms with van der Waals surface area (Å²) in [6, 6.07) is 3.03. The number of carboxylic acid groups (broad SMARTS) is 1. The van der Waals surface area contributed by atoms with Crippen LogP contribution in [0.5, 0.6) is 0 Å². The lowest BCUT2D eigenvalue weighted by molar-refractivity contribution is -0.139. The van der Waals surface area contributed by atoms with Crippen molar-refractivity contribution >= 4 is 18.4 Å². The van der Waals surface area contributed by atoms with Gasteiger partial charge >= 0.3 is 12.1 Å². The van der Waals surface area contributed by atoms with E-state index in [0.29, 0.717) is 0 Å². The van der Waals surface area contributed by atoms with Crippen LogP contribution in [0.4, 0.5) is 13.2 Å². The highest BCUT2D eigenvalue weighted by atomic mass is 35.5. The van der Waals surface area contributed by atoms with Crippen LogP contribution in [-0.4, -0.2) is 18.1 Å². The quantitative estimate of drug-likeness (QED) is 0.886. The Morgan fingerprint density at radius 3 is 2.06 bits per heavy atom. The van der Waals surface area contributed by atoms with Crippen molar-refractivity contribution in [1.82, 2.24) is 5.32 Å². The van der Waals surface area contributed by atoms with Gasteiger partial charge in [-0.2, -0.15) is 13.2 Å². The Bertz CT molecular complexity index is 378. The molecule has 0 fully saturated rings. The van der Waals surface area contributed by atoms with E-state index in [1.807, 2.05) is 0 Å². The van der Waals surface area contributed by atoms with Crippen molar-refractivity contribution in [3.8, 4) is 0 Å². The molecule has 2 N–H and O–H groups in total. The van der Waals surface area contributed by atoms with Crippen LogP contribution in [-0.2, 0) is 11.0 Å². The number of aliphatic carboxylic acids is 1. The standard InChI is InChI=1S/C10H10F3NO2.ClH/c1-14-8(9(15)16)6-2-4-7(5-3-6)10(11,12)13;/h2-5,8,14H,1H3,(H,15,16);1H. The molecular formula is C10H11ClF3NO2. The fourth-order valence-corrected chi connectivity index (χ4v) is 1.30. The first-order chi connectivity index (χ1) is 7.36. The molecule has 0 saturated carbocycles. The number of alkyl halides is 3. The summed E-state index contributed by atoms with van der Waals surface area (Å²) < 4.78 is 36.7. The smallest absolute Gasteiger partial charge is 0.416 e. The van der Waals surface area contributed by atoms with Crippen LogP contribution in [0.2, 0.25) is 0 Å². The minimum atomic E-state index is -4.41. The Labute approximate surface area is 102 Å². The predicted molar refractivity (Wildman–Crippen MR) is 58.1 cm³/mol. The molecule has 0 aliphatic rings. The number of hydrogen-bond acceptors (Lipinski definition) is 2. The summed E-state index contributed by atoms with van der Waals surface area (Å²) in [5.74, 6) is -1.14. The number of nitrogens with one attached hydrogen (secondary N) is 1. The van der Waals surface area contributed by atoms with E-state index in [2.05, 4.69) is 5.32 Å². The number of likely N-dealkylation sites (N-methyl/N-ethyl adjacent to an activating group) is 1. The third-order valence-electron chi connectivity index (χ3n) is 2.11. The summed E-state index contributed by atoms with van der Waals surface area (Å²) in [5, 5.41) is 11.3. The molecule has 17 heavy (non-hydrogen) atoms. The van der Waals surface area contributed by atoms with Gasteiger partial charge in [0.15, 0.2) is 0 Å². The van der Waals surface area contributed by atoms with Crippen LogP contribution in [0.1, 0.15) is 17.2 Å². The molecule has 0 aliphatic carbocycles. The van der Waals surface area contributed by atoms with E-state index >= 15 is 0 Å². The Morgan fingerprint density at radius 1 is 1.29 bits per heavy atom. The third kappa shape index (κ3) is 3.90. The van der Waals surface area contributed by atoms with Gasteiger partial charge in [0.2, 0.25) is 0 Å². The molecule has 0 heterocycles. The monoisotopic (exact) mass is 269 g/mol. The van der Waals surface area contributed by atoms with Gasteiger partial charge in [0.1, 0.15) is 6.04 Å². The van der Waals surface area contributed by atoms with Gasteiger partial charge in [0.25, 0.3) is 0 Å². The highest BCUT2D eigenvalue weighted by molar-refractivity contribution is 5.85. The van der Waals surface area contributed by atoms with Crippen LogP contribution in [0, 0.1) is 0 Å². The summed E-state index contributed by atoms with van der Waals surface area (Å²) in [6.07, 6.45) is -4.41. The van der Waals surface area contributed by atoms with Crippen molar-refractivity contribution in [2.45, 2.75) is 12.2 Å². The first-order valence-electron chi connectivity index (χ1n) is 4.43. The number of carbonyl (C=O) groups is 1. The molecular weight excluding hydrogens is 259 g/mol. The van der Waals surface area contributed by atoms with Crippen molar-refractivity contribution in [3.05, 3.63) is 35.4 Å². The number of halogens is 4. The second-order valence-corrected chi connectivity index (χ2v) is 3.18. The molecule has 1 atom stereocenters. The number of rotatable bonds is 3. The maximum atomic E-state index is 12.2. The molecule has 0 amide bonds.